The first-order valence-electron chi connectivity index (χ1n) is 8.51. The van der Waals surface area contributed by atoms with E-state index in [2.05, 4.69) is 44.2 Å². The third-order valence-corrected chi connectivity index (χ3v) is 9.12. The fourth-order valence-electron chi connectivity index (χ4n) is 5.36. The second-order valence-electron chi connectivity index (χ2n) is 8.15. The number of rotatable bonds is 2. The molecule has 3 aliphatic carbocycles. The Kier molecular flexibility index (Phi) is 3.43. The minimum atomic E-state index is -0.610. The Balaban J connectivity index is 1.73. The number of benzene rings is 1. The molecule has 2 fully saturated rings. The molecule has 3 aliphatic rings. The number of Topliss-reactive ketones (excluding diaryl/α,β-unsaturated/α-hetero) is 1. The average Bonchev–Trinajstić information content (AvgIpc) is 2.99. The van der Waals surface area contributed by atoms with Gasteiger partial charge in [-0.2, -0.15) is 0 Å². The molecule has 4 rings (SSSR count). The van der Waals surface area contributed by atoms with Crippen molar-refractivity contribution in [1.82, 2.24) is 0 Å². The quantitative estimate of drug-likeness (QED) is 0.808. The van der Waals surface area contributed by atoms with Crippen LogP contribution in [-0.4, -0.2) is 31.4 Å². The van der Waals surface area contributed by atoms with Crippen molar-refractivity contribution < 1.29 is 9.90 Å². The number of aliphatic hydroxyl groups is 1. The van der Waals surface area contributed by atoms with E-state index in [-0.39, 0.29) is 26.3 Å². The Morgan fingerprint density at radius 2 is 1.87 bits per heavy atom. The molecule has 0 aliphatic heterocycles. The van der Waals surface area contributed by atoms with E-state index in [4.69, 9.17) is 0 Å². The second-order valence-corrected chi connectivity index (χ2v) is 10.8. The molecule has 2 nitrogen and oxygen atoms in total. The van der Waals surface area contributed by atoms with Gasteiger partial charge in [-0.25, -0.2) is 0 Å². The van der Waals surface area contributed by atoms with E-state index in [0.29, 0.717) is 22.9 Å². The number of allylic oxidation sites excluding steroid dienone is 1. The molecule has 0 heterocycles. The Bertz CT molecular complexity index is 691. The van der Waals surface area contributed by atoms with E-state index in [1.54, 1.807) is 0 Å². The van der Waals surface area contributed by atoms with Gasteiger partial charge in [0.1, 0.15) is 0 Å². The SMILES string of the molecule is CC1=C2[C@@H](CC1=O)C[C@]1(O)C([Se]c3ccccc3)CC(C)(C)[C@H]21. The van der Waals surface area contributed by atoms with Gasteiger partial charge in [0.2, 0.25) is 0 Å². The van der Waals surface area contributed by atoms with Gasteiger partial charge < -0.3 is 0 Å². The van der Waals surface area contributed by atoms with Crippen LogP contribution in [0.2, 0.25) is 4.82 Å². The van der Waals surface area contributed by atoms with Gasteiger partial charge in [0.25, 0.3) is 0 Å². The molecule has 0 amide bonds. The predicted molar refractivity (Wildman–Crippen MR) is 92.8 cm³/mol. The molecule has 1 aromatic carbocycles. The first kappa shape index (κ1) is 15.6. The zero-order chi connectivity index (χ0) is 16.4. The molecule has 2 saturated carbocycles. The van der Waals surface area contributed by atoms with E-state index < -0.39 is 5.60 Å². The summed E-state index contributed by atoms with van der Waals surface area (Å²) in [5, 5.41) is 11.7. The van der Waals surface area contributed by atoms with E-state index >= 15 is 0 Å². The average molecular weight is 375 g/mol. The normalized spacial score (nSPS) is 38.1. The zero-order valence-corrected chi connectivity index (χ0v) is 15.7. The van der Waals surface area contributed by atoms with Gasteiger partial charge in [-0.1, -0.05) is 0 Å². The summed E-state index contributed by atoms with van der Waals surface area (Å²) >= 11 is 0.277. The number of ketones is 1. The van der Waals surface area contributed by atoms with E-state index in [1.807, 2.05) is 6.92 Å². The first-order chi connectivity index (χ1) is 10.8. The molecule has 0 bridgehead atoms. The number of carbonyl (C=O) groups is 1. The maximum atomic E-state index is 12.1. The molecule has 0 saturated heterocycles. The van der Waals surface area contributed by atoms with Crippen molar-refractivity contribution in [2.45, 2.75) is 50.5 Å². The van der Waals surface area contributed by atoms with Crippen LogP contribution in [0.15, 0.2) is 41.5 Å². The van der Waals surface area contributed by atoms with Gasteiger partial charge in [0, 0.05) is 0 Å². The van der Waals surface area contributed by atoms with Crippen molar-refractivity contribution in [2.75, 3.05) is 0 Å². The number of hydrogen-bond acceptors (Lipinski definition) is 2. The minimum absolute atomic E-state index is 0.0753. The molecular formula is C20H24O2Se. The Morgan fingerprint density at radius 3 is 2.57 bits per heavy atom. The summed E-state index contributed by atoms with van der Waals surface area (Å²) in [4.78, 5) is 12.5. The van der Waals surface area contributed by atoms with Crippen molar-refractivity contribution in [1.29, 1.82) is 0 Å². The third-order valence-electron chi connectivity index (χ3n) is 6.18. The van der Waals surface area contributed by atoms with Gasteiger partial charge >= 0.3 is 144 Å². The Hall–Kier alpha value is -0.891. The van der Waals surface area contributed by atoms with Gasteiger partial charge in [-0.15, -0.1) is 0 Å². The van der Waals surface area contributed by atoms with E-state index in [0.717, 1.165) is 18.4 Å². The van der Waals surface area contributed by atoms with E-state index in [1.165, 1.54) is 10.0 Å². The van der Waals surface area contributed by atoms with Crippen LogP contribution in [0.5, 0.6) is 0 Å². The van der Waals surface area contributed by atoms with Crippen LogP contribution in [0, 0.1) is 17.3 Å². The van der Waals surface area contributed by atoms with Crippen LogP contribution in [0.3, 0.4) is 0 Å². The molecule has 4 atom stereocenters. The van der Waals surface area contributed by atoms with Crippen LogP contribution < -0.4 is 4.46 Å². The van der Waals surface area contributed by atoms with Crippen LogP contribution in [-0.2, 0) is 4.79 Å². The summed E-state index contributed by atoms with van der Waals surface area (Å²) < 4.78 is 1.37. The van der Waals surface area contributed by atoms with Crippen LogP contribution in [0.4, 0.5) is 0 Å². The Labute approximate surface area is 144 Å². The summed E-state index contributed by atoms with van der Waals surface area (Å²) in [6.45, 7) is 6.56. The van der Waals surface area contributed by atoms with Gasteiger partial charge in [-0.05, 0) is 0 Å². The third kappa shape index (κ3) is 2.21. The molecule has 3 heteroatoms. The van der Waals surface area contributed by atoms with Crippen molar-refractivity contribution in [2.24, 2.45) is 17.3 Å². The van der Waals surface area contributed by atoms with Gasteiger partial charge in [0.05, 0.1) is 0 Å². The molecule has 1 aromatic rings. The standard InChI is InChI=1S/C20H24O2Se/c1-12-15(21)9-13-10-20(22)16(23-14-7-5-4-6-8-14)11-19(2,3)18(20)17(12)13/h4-8,13,16,18,22H,9-11H2,1-3H3/t13-,16?,18-,20-/m0/s1. The summed E-state index contributed by atoms with van der Waals surface area (Å²) in [6.07, 6.45) is 2.47. The van der Waals surface area contributed by atoms with Gasteiger partial charge in [0.15, 0.2) is 0 Å². The second kappa shape index (κ2) is 5.05. The van der Waals surface area contributed by atoms with Crippen molar-refractivity contribution in [3.8, 4) is 0 Å². The predicted octanol–water partition coefficient (Wildman–Crippen LogP) is 2.89. The van der Waals surface area contributed by atoms with Gasteiger partial charge in [-0.3, -0.25) is 0 Å². The fourth-order valence-corrected chi connectivity index (χ4v) is 8.70. The monoisotopic (exact) mass is 376 g/mol. The molecule has 1 N–H and O–H groups in total. The molecule has 0 aromatic heterocycles. The summed E-state index contributed by atoms with van der Waals surface area (Å²) in [5.41, 5.74) is 1.72. The van der Waals surface area contributed by atoms with Crippen molar-refractivity contribution in [3.05, 3.63) is 41.5 Å². The zero-order valence-electron chi connectivity index (χ0n) is 14.0. The van der Waals surface area contributed by atoms with Crippen molar-refractivity contribution >= 4 is 25.2 Å². The summed E-state index contributed by atoms with van der Waals surface area (Å²) in [6, 6.07) is 10.6. The number of carbonyl (C=O) groups excluding carboxylic acids is 1. The Morgan fingerprint density at radius 1 is 1.17 bits per heavy atom. The maximum absolute atomic E-state index is 12.1. The van der Waals surface area contributed by atoms with Crippen LogP contribution in [0.1, 0.15) is 40.0 Å². The summed E-state index contributed by atoms with van der Waals surface area (Å²) in [5.74, 6) is 0.771. The van der Waals surface area contributed by atoms with Crippen LogP contribution >= 0.6 is 0 Å². The molecule has 1 unspecified atom stereocenters. The molecule has 0 radical (unpaired) electrons. The number of hydrogen-bond donors (Lipinski definition) is 1. The molecule has 23 heavy (non-hydrogen) atoms. The first-order valence-corrected chi connectivity index (χ1v) is 10.4. The van der Waals surface area contributed by atoms with Crippen molar-refractivity contribution in [3.63, 3.8) is 0 Å². The molecule has 0 spiro atoms. The fraction of sp³-hybridized carbons (Fsp3) is 0.550. The molecule has 122 valence electrons. The summed E-state index contributed by atoms with van der Waals surface area (Å²) in [7, 11) is 0. The van der Waals surface area contributed by atoms with E-state index in [9.17, 15) is 9.90 Å². The molecular weight excluding hydrogens is 351 g/mol. The number of fused-ring (bicyclic) bond motifs is 3. The topological polar surface area (TPSA) is 37.3 Å². The van der Waals surface area contributed by atoms with Crippen LogP contribution in [0.25, 0.3) is 0 Å².